The zero-order valence-electron chi connectivity index (χ0n) is 62.9. The van der Waals surface area contributed by atoms with Gasteiger partial charge < -0.3 is 33.8 Å². The summed E-state index contributed by atoms with van der Waals surface area (Å²) >= 11 is 0. The number of esters is 4. The molecule has 0 radical (unpaired) electrons. The van der Waals surface area contributed by atoms with Crippen LogP contribution in [-0.2, 0) is 65.4 Å². The average molecular weight is 1420 g/mol. The number of unbranched alkanes of at least 4 members (excludes halogenated alkanes) is 42. The molecule has 2 unspecified atom stereocenters. The lowest BCUT2D eigenvalue weighted by atomic mass is 10.0. The Morgan fingerprint density at radius 3 is 0.845 bits per heavy atom. The number of rotatable bonds is 75. The molecule has 0 aromatic rings. The maximum Gasteiger partial charge on any atom is 0.472 e. The fourth-order valence-corrected chi connectivity index (χ4v) is 13.0. The number of aliphatic hydroxyl groups is 1. The Morgan fingerprint density at radius 1 is 0.320 bits per heavy atom. The SMILES string of the molecule is CCCCCC/C=C\C=C/CCCCCCCC(=O)O[C@H](COC(=O)CCCCCCCCCC)COP(=O)(O)OC[C@H](O)COP(=O)(O)OC[C@@H](COC(=O)CCCCCCCCCCCCCCCC(C)C)OC(=O)CCCCCCCCCCCCCCCCCC(C)C. The van der Waals surface area contributed by atoms with Crippen molar-refractivity contribution in [2.45, 2.75) is 400 Å². The first-order valence-electron chi connectivity index (χ1n) is 39.8. The van der Waals surface area contributed by atoms with E-state index in [1.807, 2.05) is 0 Å². The molecule has 0 aliphatic rings. The van der Waals surface area contributed by atoms with Gasteiger partial charge in [0.25, 0.3) is 0 Å². The molecule has 0 amide bonds. The van der Waals surface area contributed by atoms with Gasteiger partial charge in [-0.15, -0.1) is 0 Å². The van der Waals surface area contributed by atoms with Crippen LogP contribution in [0.15, 0.2) is 24.3 Å². The summed E-state index contributed by atoms with van der Waals surface area (Å²) < 4.78 is 68.5. The minimum atomic E-state index is -4.96. The quantitative estimate of drug-likeness (QED) is 0.0169. The number of hydrogen-bond acceptors (Lipinski definition) is 15. The van der Waals surface area contributed by atoms with Crippen LogP contribution in [0.2, 0.25) is 0 Å². The highest BCUT2D eigenvalue weighted by atomic mass is 31.2. The summed E-state index contributed by atoms with van der Waals surface area (Å²) in [7, 11) is -9.92. The topological polar surface area (TPSA) is 237 Å². The van der Waals surface area contributed by atoms with Gasteiger partial charge >= 0.3 is 39.5 Å². The molecule has 0 saturated heterocycles. The molecule has 572 valence electrons. The highest BCUT2D eigenvalue weighted by Crippen LogP contribution is 2.45. The van der Waals surface area contributed by atoms with Gasteiger partial charge in [-0.05, 0) is 63.2 Å². The van der Waals surface area contributed by atoms with Gasteiger partial charge in [0.2, 0.25) is 0 Å². The molecule has 3 N–H and O–H groups in total. The number of allylic oxidation sites excluding steroid dienone is 4. The predicted molar refractivity (Wildman–Crippen MR) is 395 cm³/mol. The molecule has 19 heteroatoms. The standard InChI is InChI=1S/C78H148O17P2/c1-7-9-11-13-15-17-18-19-21-27-33-38-44-50-56-62-77(82)94-73(66-88-75(80)60-54-48-42-16-14-12-10-8-2)68-92-96(84,85)90-64-72(79)65-91-97(86,87)93-69-74(67-89-76(81)61-55-49-43-37-32-29-24-26-31-36-41-47-53-59-71(5)6)95-78(83)63-57-51-45-39-34-28-23-20-22-25-30-35-40-46-52-58-70(3)4/h17-19,21,70-74,79H,7-16,20,22-69H2,1-6H3,(H,84,85)(H,86,87)/b18-17-,21-19-/t72-,73+,74+/m0/s1. The highest BCUT2D eigenvalue weighted by molar-refractivity contribution is 7.47. The van der Waals surface area contributed by atoms with E-state index >= 15 is 0 Å². The molecule has 0 saturated carbocycles. The first-order valence-corrected chi connectivity index (χ1v) is 42.8. The van der Waals surface area contributed by atoms with Crippen LogP contribution in [0, 0.1) is 11.8 Å². The summed E-state index contributed by atoms with van der Waals surface area (Å²) in [6, 6.07) is 0. The Labute approximate surface area is 592 Å². The number of aliphatic hydroxyl groups excluding tert-OH is 1. The third-order valence-corrected chi connectivity index (χ3v) is 19.5. The summed E-state index contributed by atoms with van der Waals surface area (Å²) in [4.78, 5) is 72.8. The van der Waals surface area contributed by atoms with E-state index in [0.717, 1.165) is 121 Å². The average Bonchev–Trinajstić information content (AvgIpc) is 2.17. The van der Waals surface area contributed by atoms with Crippen molar-refractivity contribution in [1.29, 1.82) is 0 Å². The summed E-state index contributed by atoms with van der Waals surface area (Å²) in [5, 5.41) is 10.6. The van der Waals surface area contributed by atoms with Crippen molar-refractivity contribution in [1.82, 2.24) is 0 Å². The molecule has 0 aliphatic carbocycles. The zero-order valence-corrected chi connectivity index (χ0v) is 64.7. The van der Waals surface area contributed by atoms with Crippen LogP contribution in [0.4, 0.5) is 0 Å². The molecule has 5 atom stereocenters. The number of phosphoric acid groups is 2. The summed E-state index contributed by atoms with van der Waals surface area (Å²) in [5.41, 5.74) is 0. The van der Waals surface area contributed by atoms with Crippen molar-refractivity contribution in [2.75, 3.05) is 39.6 Å². The van der Waals surface area contributed by atoms with Gasteiger partial charge in [-0.1, -0.05) is 329 Å². The van der Waals surface area contributed by atoms with Crippen molar-refractivity contribution in [3.63, 3.8) is 0 Å². The van der Waals surface area contributed by atoms with Crippen molar-refractivity contribution in [3.8, 4) is 0 Å². The van der Waals surface area contributed by atoms with Crippen LogP contribution in [0.1, 0.15) is 382 Å². The lowest BCUT2D eigenvalue weighted by Crippen LogP contribution is -2.30. The molecule has 0 rings (SSSR count). The van der Waals surface area contributed by atoms with Crippen molar-refractivity contribution < 1.29 is 80.2 Å². The second kappa shape index (κ2) is 69.3. The maximum atomic E-state index is 13.1. The number of ether oxygens (including phenoxy) is 4. The van der Waals surface area contributed by atoms with E-state index < -0.39 is 97.5 Å². The van der Waals surface area contributed by atoms with E-state index in [2.05, 4.69) is 65.8 Å². The van der Waals surface area contributed by atoms with Crippen LogP contribution < -0.4 is 0 Å². The molecule has 0 bridgehead atoms. The van der Waals surface area contributed by atoms with Crippen molar-refractivity contribution in [2.24, 2.45) is 11.8 Å². The minimum Gasteiger partial charge on any atom is -0.462 e. The normalized spacial score (nSPS) is 14.1. The van der Waals surface area contributed by atoms with E-state index in [1.165, 1.54) is 180 Å². The molecular formula is C78H148O17P2. The smallest absolute Gasteiger partial charge is 0.462 e. The zero-order chi connectivity index (χ0) is 71.4. The lowest BCUT2D eigenvalue weighted by molar-refractivity contribution is -0.161. The van der Waals surface area contributed by atoms with Crippen LogP contribution in [0.5, 0.6) is 0 Å². The van der Waals surface area contributed by atoms with Crippen LogP contribution in [-0.4, -0.2) is 96.7 Å². The maximum absolute atomic E-state index is 13.1. The van der Waals surface area contributed by atoms with Crippen molar-refractivity contribution >= 4 is 39.5 Å². The lowest BCUT2D eigenvalue weighted by Gasteiger charge is -2.21. The van der Waals surface area contributed by atoms with E-state index in [0.29, 0.717) is 25.7 Å². The van der Waals surface area contributed by atoms with Gasteiger partial charge in [0.05, 0.1) is 26.4 Å². The van der Waals surface area contributed by atoms with E-state index in [-0.39, 0.29) is 25.7 Å². The summed E-state index contributed by atoms with van der Waals surface area (Å²) in [5.74, 6) is -0.554. The van der Waals surface area contributed by atoms with Gasteiger partial charge in [-0.2, -0.15) is 0 Å². The third-order valence-electron chi connectivity index (χ3n) is 17.6. The monoisotopic (exact) mass is 1420 g/mol. The van der Waals surface area contributed by atoms with Gasteiger partial charge in [0.1, 0.15) is 19.3 Å². The van der Waals surface area contributed by atoms with Gasteiger partial charge in [-0.25, -0.2) is 9.13 Å². The molecule has 0 aliphatic heterocycles. The second-order valence-corrected chi connectivity index (χ2v) is 31.3. The molecule has 0 heterocycles. The van der Waals surface area contributed by atoms with E-state index in [1.54, 1.807) is 0 Å². The van der Waals surface area contributed by atoms with Crippen LogP contribution in [0.25, 0.3) is 0 Å². The summed E-state index contributed by atoms with van der Waals surface area (Å²) in [6.45, 7) is 9.56. The molecule has 0 aromatic heterocycles. The molecule has 0 spiro atoms. The van der Waals surface area contributed by atoms with Crippen LogP contribution >= 0.6 is 15.6 Å². The van der Waals surface area contributed by atoms with Crippen LogP contribution in [0.3, 0.4) is 0 Å². The van der Waals surface area contributed by atoms with Gasteiger partial charge in [-0.3, -0.25) is 37.3 Å². The Hall–Kier alpha value is -2.46. The minimum absolute atomic E-state index is 0.0849. The number of hydrogen-bond donors (Lipinski definition) is 3. The Bertz CT molecular complexity index is 1970. The number of phosphoric ester groups is 2. The molecular weight excluding hydrogens is 1270 g/mol. The Balaban J connectivity index is 5.25. The first-order chi connectivity index (χ1) is 46.9. The van der Waals surface area contributed by atoms with Gasteiger partial charge in [0.15, 0.2) is 12.2 Å². The Morgan fingerprint density at radius 2 is 0.557 bits per heavy atom. The number of carbonyl (C=O) groups excluding carboxylic acids is 4. The number of carbonyl (C=O) groups is 4. The second-order valence-electron chi connectivity index (χ2n) is 28.4. The fourth-order valence-electron chi connectivity index (χ4n) is 11.5. The molecule has 17 nitrogen and oxygen atoms in total. The molecule has 97 heavy (non-hydrogen) atoms. The fraction of sp³-hybridized carbons (Fsp3) is 0.897. The first kappa shape index (κ1) is 94.5. The van der Waals surface area contributed by atoms with E-state index in [4.69, 9.17) is 37.0 Å². The van der Waals surface area contributed by atoms with Gasteiger partial charge in [0, 0.05) is 25.7 Å². The van der Waals surface area contributed by atoms with E-state index in [9.17, 15) is 43.2 Å². The Kier molecular flexibility index (Phi) is 67.5. The third kappa shape index (κ3) is 71.7. The summed E-state index contributed by atoms with van der Waals surface area (Å²) in [6.07, 6.45) is 60.5. The predicted octanol–water partition coefficient (Wildman–Crippen LogP) is 22.7. The molecule has 0 fully saturated rings. The highest BCUT2D eigenvalue weighted by Gasteiger charge is 2.30. The molecule has 0 aromatic carbocycles. The largest absolute Gasteiger partial charge is 0.472 e. The van der Waals surface area contributed by atoms with Crippen molar-refractivity contribution in [3.05, 3.63) is 24.3 Å².